The highest BCUT2D eigenvalue weighted by atomic mass is 32.2. The fraction of sp³-hybridized carbons (Fsp3) is 0.500. The Morgan fingerprint density at radius 3 is 2.44 bits per heavy atom. The highest BCUT2D eigenvalue weighted by Crippen LogP contribution is 2.25. The van der Waals surface area contributed by atoms with E-state index in [0.29, 0.717) is 13.1 Å². The topological polar surface area (TPSA) is 141 Å². The van der Waals surface area contributed by atoms with E-state index >= 15 is 0 Å². The van der Waals surface area contributed by atoms with Crippen molar-refractivity contribution >= 4 is 21.9 Å². The van der Waals surface area contributed by atoms with E-state index in [1.54, 1.807) is 0 Å². The van der Waals surface area contributed by atoms with Gasteiger partial charge in [-0.2, -0.15) is 4.31 Å². The van der Waals surface area contributed by atoms with Crippen molar-refractivity contribution in [2.24, 2.45) is 0 Å². The van der Waals surface area contributed by atoms with Gasteiger partial charge < -0.3 is 5.11 Å². The predicted molar refractivity (Wildman–Crippen MR) is 98.8 cm³/mol. The molecule has 0 spiro atoms. The number of rotatable bonds is 10. The van der Waals surface area contributed by atoms with Crippen LogP contribution in [0.15, 0.2) is 23.1 Å². The van der Waals surface area contributed by atoms with Gasteiger partial charge in [0.2, 0.25) is 16.0 Å². The zero-order chi connectivity index (χ0) is 19.9. The fourth-order valence-electron chi connectivity index (χ4n) is 2.41. The van der Waals surface area contributed by atoms with Crippen molar-refractivity contribution in [2.45, 2.75) is 44.4 Å². The van der Waals surface area contributed by atoms with Gasteiger partial charge in [0.05, 0.1) is 10.5 Å². The van der Waals surface area contributed by atoms with E-state index < -0.39 is 15.9 Å². The number of carbonyl (C=O) groups is 1. The van der Waals surface area contributed by atoms with Gasteiger partial charge in [-0.15, -0.1) is 0 Å². The molecule has 3 N–H and O–H groups in total. The third-order valence-electron chi connectivity index (χ3n) is 3.95. The number of anilines is 1. The number of phenolic OH excluding ortho intramolecular Hbond substituents is 1. The Morgan fingerprint density at radius 1 is 1.22 bits per heavy atom. The van der Waals surface area contributed by atoms with Gasteiger partial charge >= 0.3 is 0 Å². The average Bonchev–Trinajstić information content (AvgIpc) is 3.14. The van der Waals surface area contributed by atoms with Crippen LogP contribution >= 0.6 is 0 Å². The van der Waals surface area contributed by atoms with E-state index in [-0.39, 0.29) is 22.2 Å². The lowest BCUT2D eigenvalue weighted by Gasteiger charge is -2.22. The normalized spacial score (nSPS) is 11.7. The summed E-state index contributed by atoms with van der Waals surface area (Å²) in [6, 6.07) is 3.65. The molecule has 0 atom stereocenters. The summed E-state index contributed by atoms with van der Waals surface area (Å²) in [6.45, 7) is 4.80. The molecule has 0 saturated heterocycles. The maximum absolute atomic E-state index is 13.0. The van der Waals surface area contributed by atoms with Crippen LogP contribution < -0.4 is 5.32 Å². The molecule has 0 unspecified atom stereocenters. The zero-order valence-corrected chi connectivity index (χ0v) is 16.2. The van der Waals surface area contributed by atoms with Crippen molar-refractivity contribution < 1.29 is 18.3 Å². The lowest BCUT2D eigenvalue weighted by Crippen LogP contribution is -2.33. The van der Waals surface area contributed by atoms with E-state index in [9.17, 15) is 18.3 Å². The minimum atomic E-state index is -3.79. The predicted octanol–water partition coefficient (Wildman–Crippen LogP) is 1.75. The van der Waals surface area contributed by atoms with Gasteiger partial charge in [-0.25, -0.2) is 13.5 Å². The van der Waals surface area contributed by atoms with Crippen molar-refractivity contribution in [3.05, 3.63) is 23.8 Å². The summed E-state index contributed by atoms with van der Waals surface area (Å²) in [5, 5.41) is 24.9. The molecule has 148 valence electrons. The summed E-state index contributed by atoms with van der Waals surface area (Å²) in [7, 11) is -3.79. The molecule has 0 fully saturated rings. The number of carbonyl (C=O) groups excluding carboxylic acids is 1. The monoisotopic (exact) mass is 396 g/mol. The highest BCUT2D eigenvalue weighted by Gasteiger charge is 2.26. The molecule has 0 bridgehead atoms. The van der Waals surface area contributed by atoms with Crippen LogP contribution in [0.25, 0.3) is 0 Å². The number of tetrazole rings is 1. The van der Waals surface area contributed by atoms with Crippen LogP contribution in [-0.2, 0) is 10.0 Å². The Kier molecular flexibility index (Phi) is 7.25. The Hall–Kier alpha value is -2.53. The van der Waals surface area contributed by atoms with E-state index in [1.165, 1.54) is 16.4 Å². The first-order valence-electron chi connectivity index (χ1n) is 8.78. The summed E-state index contributed by atoms with van der Waals surface area (Å²) in [5.74, 6) is -1.08. The summed E-state index contributed by atoms with van der Waals surface area (Å²) in [4.78, 5) is 12.3. The van der Waals surface area contributed by atoms with Crippen LogP contribution in [0, 0.1) is 0 Å². The molecule has 2 aromatic rings. The van der Waals surface area contributed by atoms with Crippen LogP contribution in [0.1, 0.15) is 49.9 Å². The molecular formula is C16H24N6O4S. The first-order chi connectivity index (χ1) is 12.9. The number of H-pyrrole nitrogens is 1. The summed E-state index contributed by atoms with van der Waals surface area (Å²) >= 11 is 0. The lowest BCUT2D eigenvalue weighted by molar-refractivity contribution is 0.102. The number of nitrogens with zero attached hydrogens (tertiary/aromatic N) is 4. The van der Waals surface area contributed by atoms with Crippen LogP contribution in [0.4, 0.5) is 5.95 Å². The van der Waals surface area contributed by atoms with Gasteiger partial charge in [-0.1, -0.05) is 31.8 Å². The standard InChI is InChI=1S/C16H24N6O4S/c1-3-5-9-22(10-6-4-2)27(25,26)12-7-8-14(23)13(11-12)15(24)17-16-18-20-21-19-16/h7-8,11,23H,3-6,9-10H2,1-2H3,(H2,17,18,19,20,21,24). The average molecular weight is 396 g/mol. The molecule has 1 aromatic carbocycles. The molecule has 2 rings (SSSR count). The first-order valence-corrected chi connectivity index (χ1v) is 10.2. The molecule has 0 aliphatic carbocycles. The summed E-state index contributed by atoms with van der Waals surface area (Å²) in [5.41, 5.74) is -0.182. The molecule has 1 amide bonds. The number of amides is 1. The zero-order valence-electron chi connectivity index (χ0n) is 15.3. The molecule has 27 heavy (non-hydrogen) atoms. The lowest BCUT2D eigenvalue weighted by atomic mass is 10.2. The quantitative estimate of drug-likeness (QED) is 0.555. The van der Waals surface area contributed by atoms with Crippen molar-refractivity contribution in [1.29, 1.82) is 0 Å². The van der Waals surface area contributed by atoms with Crippen LogP contribution in [0.3, 0.4) is 0 Å². The summed E-state index contributed by atoms with van der Waals surface area (Å²) in [6.07, 6.45) is 3.22. The number of nitrogens with one attached hydrogen (secondary N) is 2. The SMILES string of the molecule is CCCCN(CCCC)S(=O)(=O)c1ccc(O)c(C(=O)Nc2nnn[nH]2)c1. The number of phenols is 1. The van der Waals surface area contributed by atoms with Crippen LogP contribution in [0.2, 0.25) is 0 Å². The van der Waals surface area contributed by atoms with Gasteiger partial charge in [-0.3, -0.25) is 10.1 Å². The first kappa shape index (κ1) is 20.8. The van der Waals surface area contributed by atoms with Crippen molar-refractivity contribution in [3.63, 3.8) is 0 Å². The molecule has 0 radical (unpaired) electrons. The molecule has 0 aliphatic rings. The number of aromatic amines is 1. The minimum Gasteiger partial charge on any atom is -0.507 e. The van der Waals surface area contributed by atoms with E-state index in [1.807, 2.05) is 13.8 Å². The third-order valence-corrected chi connectivity index (χ3v) is 5.84. The van der Waals surface area contributed by atoms with Gasteiger partial charge in [0.1, 0.15) is 5.75 Å². The molecule has 11 heteroatoms. The van der Waals surface area contributed by atoms with Crippen LogP contribution in [-0.4, -0.2) is 57.5 Å². The van der Waals surface area contributed by atoms with Crippen molar-refractivity contribution in [2.75, 3.05) is 18.4 Å². The number of hydrogen-bond donors (Lipinski definition) is 3. The number of aromatic nitrogens is 4. The fourth-order valence-corrected chi connectivity index (χ4v) is 3.96. The Balaban J connectivity index is 2.31. The van der Waals surface area contributed by atoms with E-state index in [2.05, 4.69) is 25.9 Å². The second-order valence-electron chi connectivity index (χ2n) is 5.99. The van der Waals surface area contributed by atoms with Crippen LogP contribution in [0.5, 0.6) is 5.75 Å². The number of aromatic hydroxyl groups is 1. The number of hydrogen-bond acceptors (Lipinski definition) is 7. The smallest absolute Gasteiger partial charge is 0.261 e. The highest BCUT2D eigenvalue weighted by molar-refractivity contribution is 7.89. The van der Waals surface area contributed by atoms with Gasteiger partial charge in [0.25, 0.3) is 5.91 Å². The largest absolute Gasteiger partial charge is 0.507 e. The Morgan fingerprint density at radius 2 is 1.89 bits per heavy atom. The molecular weight excluding hydrogens is 372 g/mol. The Bertz CT molecular complexity index is 846. The molecule has 1 aromatic heterocycles. The number of benzene rings is 1. The van der Waals surface area contributed by atoms with Gasteiger partial charge in [-0.05, 0) is 41.5 Å². The number of unbranched alkanes of at least 4 members (excludes halogenated alkanes) is 2. The Labute approximate surface area is 158 Å². The van der Waals surface area contributed by atoms with E-state index in [4.69, 9.17) is 0 Å². The number of sulfonamides is 1. The minimum absolute atomic E-state index is 0.0137. The molecule has 10 nitrogen and oxygen atoms in total. The maximum atomic E-state index is 13.0. The van der Waals surface area contributed by atoms with Crippen molar-refractivity contribution in [1.82, 2.24) is 24.9 Å². The molecule has 0 aliphatic heterocycles. The second-order valence-corrected chi connectivity index (χ2v) is 7.93. The third kappa shape index (κ3) is 5.23. The molecule has 1 heterocycles. The van der Waals surface area contributed by atoms with Gasteiger partial charge in [0.15, 0.2) is 0 Å². The summed E-state index contributed by atoms with van der Waals surface area (Å²) < 4.78 is 27.5. The van der Waals surface area contributed by atoms with Gasteiger partial charge in [0, 0.05) is 13.1 Å². The molecule has 0 saturated carbocycles. The van der Waals surface area contributed by atoms with Crippen molar-refractivity contribution in [3.8, 4) is 5.75 Å². The van der Waals surface area contributed by atoms with E-state index in [0.717, 1.165) is 31.7 Å². The second kappa shape index (κ2) is 9.42. The maximum Gasteiger partial charge on any atom is 0.261 e.